The van der Waals surface area contributed by atoms with Gasteiger partial charge in [-0.25, -0.2) is 0 Å². The Morgan fingerprint density at radius 2 is 1.61 bits per heavy atom. The number of benzene rings is 2. The molecule has 1 unspecified atom stereocenters. The van der Waals surface area contributed by atoms with E-state index in [-0.39, 0.29) is 28.5 Å². The number of halogens is 1. The van der Waals surface area contributed by atoms with Gasteiger partial charge in [-0.3, -0.25) is 14.4 Å². The van der Waals surface area contributed by atoms with Crippen LogP contribution in [0.15, 0.2) is 42.5 Å². The summed E-state index contributed by atoms with van der Waals surface area (Å²) < 4.78 is 0. The van der Waals surface area contributed by atoms with E-state index >= 15 is 0 Å². The monoisotopic (exact) mass is 461 g/mol. The van der Waals surface area contributed by atoms with Crippen LogP contribution in [0.2, 0.25) is 5.02 Å². The molecule has 0 spiro atoms. The van der Waals surface area contributed by atoms with E-state index in [2.05, 4.69) is 10.6 Å². The van der Waals surface area contributed by atoms with Crippen molar-refractivity contribution in [1.82, 2.24) is 4.90 Å². The van der Waals surface area contributed by atoms with Gasteiger partial charge in [0.15, 0.2) is 0 Å². The lowest BCUT2D eigenvalue weighted by Crippen LogP contribution is -2.30. The number of hydrogen-bond acceptors (Lipinski definition) is 4. The van der Waals surface area contributed by atoms with E-state index in [0.29, 0.717) is 24.3 Å². The Hall–Kier alpha value is -2.51. The molecule has 0 heterocycles. The summed E-state index contributed by atoms with van der Waals surface area (Å²) in [5.41, 5.74) is 2.74. The van der Waals surface area contributed by atoms with Gasteiger partial charge in [0.2, 0.25) is 11.8 Å². The summed E-state index contributed by atoms with van der Waals surface area (Å²) in [5, 5.41) is 5.44. The topological polar surface area (TPSA) is 78.5 Å². The Kier molecular flexibility index (Phi) is 9.40. The third kappa shape index (κ3) is 7.29. The first-order valence-corrected chi connectivity index (χ1v) is 11.6. The predicted octanol–water partition coefficient (Wildman–Crippen LogP) is 4.83. The molecule has 0 aliphatic heterocycles. The van der Waals surface area contributed by atoms with Gasteiger partial charge in [0, 0.05) is 24.5 Å². The summed E-state index contributed by atoms with van der Waals surface area (Å²) in [4.78, 5) is 38.7. The Balaban J connectivity index is 1.89. The zero-order chi connectivity index (χ0) is 23.0. The predicted molar refractivity (Wildman–Crippen MR) is 129 cm³/mol. The first kappa shape index (κ1) is 24.8. The molecule has 166 valence electrons. The second-order valence-electron chi connectivity index (χ2n) is 7.03. The molecule has 0 saturated heterocycles. The van der Waals surface area contributed by atoms with Crippen molar-refractivity contribution in [2.75, 3.05) is 29.5 Å². The minimum absolute atomic E-state index is 0.142. The molecule has 2 aromatic rings. The number of carbonyl (C=O) groups is 3. The average Bonchev–Trinajstić information content (AvgIpc) is 2.74. The molecule has 6 nitrogen and oxygen atoms in total. The summed E-state index contributed by atoms with van der Waals surface area (Å²) in [6.07, 6.45) is 0. The van der Waals surface area contributed by atoms with Gasteiger partial charge >= 0.3 is 0 Å². The second kappa shape index (κ2) is 11.8. The van der Waals surface area contributed by atoms with Crippen LogP contribution in [-0.2, 0) is 9.59 Å². The first-order valence-electron chi connectivity index (χ1n) is 10.1. The number of nitrogens with one attached hydrogen (secondary N) is 2. The summed E-state index contributed by atoms with van der Waals surface area (Å²) in [5.74, 6) is -0.403. The Labute approximate surface area is 192 Å². The van der Waals surface area contributed by atoms with Crippen molar-refractivity contribution in [2.24, 2.45) is 0 Å². The molecule has 0 aliphatic rings. The SMILES string of the molecule is CCN(CC)C(=O)c1ccc(NC(=O)C(C)SCC(=O)Nc2ccc(C)cc2)cc1Cl. The number of rotatable bonds is 9. The molecule has 2 aromatic carbocycles. The van der Waals surface area contributed by atoms with E-state index in [1.165, 1.54) is 11.8 Å². The van der Waals surface area contributed by atoms with Crippen molar-refractivity contribution < 1.29 is 14.4 Å². The largest absolute Gasteiger partial charge is 0.339 e. The highest BCUT2D eigenvalue weighted by molar-refractivity contribution is 8.01. The van der Waals surface area contributed by atoms with Crippen molar-refractivity contribution in [2.45, 2.75) is 32.9 Å². The molecule has 0 radical (unpaired) electrons. The van der Waals surface area contributed by atoms with E-state index < -0.39 is 5.25 Å². The molecule has 2 N–H and O–H groups in total. The molecule has 0 saturated carbocycles. The van der Waals surface area contributed by atoms with Crippen LogP contribution in [-0.4, -0.2) is 46.7 Å². The van der Waals surface area contributed by atoms with E-state index in [4.69, 9.17) is 11.6 Å². The minimum atomic E-state index is -0.445. The molecule has 31 heavy (non-hydrogen) atoms. The summed E-state index contributed by atoms with van der Waals surface area (Å²) in [6.45, 7) is 8.71. The average molecular weight is 462 g/mol. The number of anilines is 2. The lowest BCUT2D eigenvalue weighted by atomic mass is 10.1. The summed E-state index contributed by atoms with van der Waals surface area (Å²) in [7, 11) is 0. The standard InChI is InChI=1S/C23H28ClN3O3S/c1-5-27(6-2)23(30)19-12-11-18(13-20(19)24)26-22(29)16(4)31-14-21(28)25-17-9-7-15(3)8-10-17/h7-13,16H,5-6,14H2,1-4H3,(H,25,28)(H,26,29). The molecule has 8 heteroatoms. The van der Waals surface area contributed by atoms with Crippen molar-refractivity contribution >= 4 is 52.5 Å². The van der Waals surface area contributed by atoms with Crippen molar-refractivity contribution in [3.05, 3.63) is 58.6 Å². The van der Waals surface area contributed by atoms with Crippen molar-refractivity contribution in [1.29, 1.82) is 0 Å². The van der Waals surface area contributed by atoms with E-state index in [9.17, 15) is 14.4 Å². The zero-order valence-corrected chi connectivity index (χ0v) is 19.8. The third-order valence-electron chi connectivity index (χ3n) is 4.69. The van der Waals surface area contributed by atoms with E-state index in [0.717, 1.165) is 11.3 Å². The number of amides is 3. The molecule has 0 aliphatic carbocycles. The lowest BCUT2D eigenvalue weighted by Gasteiger charge is -2.19. The fourth-order valence-electron chi connectivity index (χ4n) is 2.80. The van der Waals surface area contributed by atoms with Crippen LogP contribution in [0.5, 0.6) is 0 Å². The molecular formula is C23H28ClN3O3S. The van der Waals surface area contributed by atoms with Crippen molar-refractivity contribution in [3.63, 3.8) is 0 Å². The fourth-order valence-corrected chi connectivity index (χ4v) is 3.75. The normalized spacial score (nSPS) is 11.5. The van der Waals surface area contributed by atoms with E-state index in [1.54, 1.807) is 30.0 Å². The van der Waals surface area contributed by atoms with Crippen LogP contribution < -0.4 is 10.6 Å². The van der Waals surface area contributed by atoms with Crippen LogP contribution >= 0.6 is 23.4 Å². The Morgan fingerprint density at radius 3 is 2.19 bits per heavy atom. The molecule has 0 fully saturated rings. The summed E-state index contributed by atoms with van der Waals surface area (Å²) in [6, 6.07) is 12.4. The van der Waals surface area contributed by atoms with E-state index in [1.807, 2.05) is 45.0 Å². The Morgan fingerprint density at radius 1 is 1.00 bits per heavy atom. The Bertz CT molecular complexity index is 930. The zero-order valence-electron chi connectivity index (χ0n) is 18.2. The molecule has 3 amide bonds. The van der Waals surface area contributed by atoms with Gasteiger partial charge in [-0.05, 0) is 58.0 Å². The highest BCUT2D eigenvalue weighted by atomic mass is 35.5. The molecule has 1 atom stereocenters. The third-order valence-corrected chi connectivity index (χ3v) is 6.14. The van der Waals surface area contributed by atoms with Gasteiger partial charge in [-0.15, -0.1) is 11.8 Å². The number of thioether (sulfide) groups is 1. The van der Waals surface area contributed by atoms with Gasteiger partial charge in [-0.2, -0.15) is 0 Å². The van der Waals surface area contributed by atoms with Gasteiger partial charge < -0.3 is 15.5 Å². The molecular weight excluding hydrogens is 434 g/mol. The quantitative estimate of drug-likeness (QED) is 0.560. The maximum atomic E-state index is 12.5. The maximum absolute atomic E-state index is 12.5. The van der Waals surface area contributed by atoms with Crippen LogP contribution in [0.1, 0.15) is 36.7 Å². The molecule has 2 rings (SSSR count). The van der Waals surface area contributed by atoms with Crippen LogP contribution in [0.3, 0.4) is 0 Å². The fraction of sp³-hybridized carbons (Fsp3) is 0.348. The van der Waals surface area contributed by atoms with Crippen LogP contribution in [0, 0.1) is 6.92 Å². The maximum Gasteiger partial charge on any atom is 0.255 e. The summed E-state index contributed by atoms with van der Waals surface area (Å²) >= 11 is 7.52. The minimum Gasteiger partial charge on any atom is -0.339 e. The highest BCUT2D eigenvalue weighted by Gasteiger charge is 2.19. The number of nitrogens with zero attached hydrogens (tertiary/aromatic N) is 1. The van der Waals surface area contributed by atoms with Gasteiger partial charge in [0.05, 0.1) is 21.6 Å². The van der Waals surface area contributed by atoms with Crippen LogP contribution in [0.25, 0.3) is 0 Å². The second-order valence-corrected chi connectivity index (χ2v) is 8.77. The first-order chi connectivity index (χ1) is 14.7. The molecule has 0 bridgehead atoms. The van der Waals surface area contributed by atoms with Crippen molar-refractivity contribution in [3.8, 4) is 0 Å². The van der Waals surface area contributed by atoms with Gasteiger partial charge in [-0.1, -0.05) is 29.3 Å². The molecule has 0 aromatic heterocycles. The van der Waals surface area contributed by atoms with Gasteiger partial charge in [0.1, 0.15) is 0 Å². The number of hydrogen-bond donors (Lipinski definition) is 2. The number of aryl methyl sites for hydroxylation is 1. The highest BCUT2D eigenvalue weighted by Crippen LogP contribution is 2.23. The van der Waals surface area contributed by atoms with Crippen LogP contribution in [0.4, 0.5) is 11.4 Å². The smallest absolute Gasteiger partial charge is 0.255 e. The van der Waals surface area contributed by atoms with Gasteiger partial charge in [0.25, 0.3) is 5.91 Å². The number of carbonyl (C=O) groups excluding carboxylic acids is 3. The lowest BCUT2D eigenvalue weighted by molar-refractivity contribution is -0.115.